The van der Waals surface area contributed by atoms with Gasteiger partial charge in [-0.1, -0.05) is 6.92 Å². The minimum Gasteiger partial charge on any atom is -0.379 e. The minimum atomic E-state index is 0.666. The highest BCUT2D eigenvalue weighted by molar-refractivity contribution is 5.80. The third-order valence-electron chi connectivity index (χ3n) is 5.60. The van der Waals surface area contributed by atoms with E-state index in [4.69, 9.17) is 4.74 Å². The van der Waals surface area contributed by atoms with Crippen LogP contribution in [0.4, 0.5) is 0 Å². The molecule has 3 saturated heterocycles. The summed E-state index contributed by atoms with van der Waals surface area (Å²) in [6, 6.07) is 0.666. The normalized spacial score (nSPS) is 31.0. The molecule has 0 amide bonds. The van der Waals surface area contributed by atoms with Crippen LogP contribution in [0.5, 0.6) is 0 Å². The van der Waals surface area contributed by atoms with Gasteiger partial charge in [-0.15, -0.1) is 0 Å². The van der Waals surface area contributed by atoms with Crippen molar-refractivity contribution in [2.24, 2.45) is 10.9 Å². The Kier molecular flexibility index (Phi) is 6.14. The maximum Gasteiger partial charge on any atom is 0.193 e. The highest BCUT2D eigenvalue weighted by Gasteiger charge is 2.30. The van der Waals surface area contributed by atoms with Crippen molar-refractivity contribution in [2.75, 3.05) is 72.6 Å². The van der Waals surface area contributed by atoms with Crippen LogP contribution < -0.4 is 5.32 Å². The van der Waals surface area contributed by atoms with Crippen LogP contribution in [0.15, 0.2) is 4.99 Å². The van der Waals surface area contributed by atoms with Crippen molar-refractivity contribution in [3.63, 3.8) is 0 Å². The predicted octanol–water partition coefficient (Wildman–Crippen LogP) is 0.310. The fraction of sp³-hybridized carbons (Fsp3) is 0.941. The van der Waals surface area contributed by atoms with Gasteiger partial charge in [-0.3, -0.25) is 9.89 Å². The van der Waals surface area contributed by atoms with Gasteiger partial charge in [0, 0.05) is 52.4 Å². The average Bonchev–Trinajstić information content (AvgIpc) is 3.26. The molecule has 0 aromatic carbocycles. The standard InChI is InChI=1S/C17H33N5O/c1-3-20-6-4-15(13-20)12-19-17(18-2)22-7-5-16(14-22)21-8-10-23-11-9-21/h15-16H,3-14H2,1-2H3,(H,18,19). The Hall–Kier alpha value is -0.850. The molecule has 3 heterocycles. The molecule has 3 rings (SSSR count). The maximum absolute atomic E-state index is 5.47. The molecule has 0 bridgehead atoms. The van der Waals surface area contributed by atoms with Gasteiger partial charge in [0.05, 0.1) is 13.2 Å². The van der Waals surface area contributed by atoms with Crippen molar-refractivity contribution in [1.29, 1.82) is 0 Å². The number of rotatable bonds is 4. The lowest BCUT2D eigenvalue weighted by molar-refractivity contribution is 0.0195. The molecule has 2 atom stereocenters. The highest BCUT2D eigenvalue weighted by atomic mass is 16.5. The van der Waals surface area contributed by atoms with E-state index in [0.29, 0.717) is 6.04 Å². The average molecular weight is 323 g/mol. The molecule has 0 aromatic heterocycles. The number of morpholine rings is 1. The summed E-state index contributed by atoms with van der Waals surface area (Å²) in [4.78, 5) is 12.1. The first-order valence-electron chi connectivity index (χ1n) is 9.30. The van der Waals surface area contributed by atoms with Gasteiger partial charge in [0.2, 0.25) is 0 Å². The Balaban J connectivity index is 1.44. The van der Waals surface area contributed by atoms with E-state index in [-0.39, 0.29) is 0 Å². The van der Waals surface area contributed by atoms with Gasteiger partial charge in [-0.2, -0.15) is 0 Å². The lowest BCUT2D eigenvalue weighted by Crippen LogP contribution is -2.47. The molecule has 23 heavy (non-hydrogen) atoms. The van der Waals surface area contributed by atoms with Crippen molar-refractivity contribution < 1.29 is 4.74 Å². The largest absolute Gasteiger partial charge is 0.379 e. The fourth-order valence-electron chi connectivity index (χ4n) is 4.11. The smallest absolute Gasteiger partial charge is 0.193 e. The first kappa shape index (κ1) is 17.0. The van der Waals surface area contributed by atoms with Gasteiger partial charge in [0.15, 0.2) is 5.96 Å². The number of hydrogen-bond acceptors (Lipinski definition) is 4. The third kappa shape index (κ3) is 4.37. The summed E-state index contributed by atoms with van der Waals surface area (Å²) < 4.78 is 5.47. The second kappa shape index (κ2) is 8.31. The van der Waals surface area contributed by atoms with E-state index in [1.54, 1.807) is 0 Å². The van der Waals surface area contributed by atoms with E-state index in [1.807, 2.05) is 7.05 Å². The zero-order chi connectivity index (χ0) is 16.1. The quantitative estimate of drug-likeness (QED) is 0.596. The van der Waals surface area contributed by atoms with E-state index >= 15 is 0 Å². The molecule has 2 unspecified atom stereocenters. The van der Waals surface area contributed by atoms with Crippen molar-refractivity contribution in [1.82, 2.24) is 20.0 Å². The Morgan fingerprint density at radius 1 is 1.13 bits per heavy atom. The number of aliphatic imine (C=N–C) groups is 1. The molecule has 0 saturated carbocycles. The molecule has 0 spiro atoms. The van der Waals surface area contributed by atoms with E-state index in [1.165, 1.54) is 32.5 Å². The van der Waals surface area contributed by atoms with Crippen LogP contribution in [0.2, 0.25) is 0 Å². The third-order valence-corrected chi connectivity index (χ3v) is 5.60. The molecule has 0 radical (unpaired) electrons. The van der Waals surface area contributed by atoms with E-state index in [9.17, 15) is 0 Å². The van der Waals surface area contributed by atoms with Crippen LogP contribution in [0.1, 0.15) is 19.8 Å². The van der Waals surface area contributed by atoms with E-state index in [0.717, 1.165) is 57.8 Å². The summed E-state index contributed by atoms with van der Waals surface area (Å²) in [6.45, 7) is 13.1. The summed E-state index contributed by atoms with van der Waals surface area (Å²) in [7, 11) is 1.91. The monoisotopic (exact) mass is 323 g/mol. The summed E-state index contributed by atoms with van der Waals surface area (Å²) >= 11 is 0. The van der Waals surface area contributed by atoms with Gasteiger partial charge in [0.1, 0.15) is 0 Å². The topological polar surface area (TPSA) is 43.3 Å². The van der Waals surface area contributed by atoms with Gasteiger partial charge in [-0.05, 0) is 31.8 Å². The molecule has 0 aliphatic carbocycles. The van der Waals surface area contributed by atoms with Crippen molar-refractivity contribution >= 4 is 5.96 Å². The second-order valence-corrected chi connectivity index (χ2v) is 7.01. The van der Waals surface area contributed by atoms with Crippen LogP contribution in [-0.4, -0.2) is 99.3 Å². The molecule has 132 valence electrons. The van der Waals surface area contributed by atoms with E-state index < -0.39 is 0 Å². The summed E-state index contributed by atoms with van der Waals surface area (Å²) in [5.41, 5.74) is 0. The number of nitrogens with zero attached hydrogens (tertiary/aromatic N) is 4. The Bertz CT molecular complexity index is 396. The molecular formula is C17H33N5O. The van der Waals surface area contributed by atoms with Crippen molar-refractivity contribution in [3.8, 4) is 0 Å². The van der Waals surface area contributed by atoms with Crippen LogP contribution in [0.3, 0.4) is 0 Å². The number of likely N-dealkylation sites (tertiary alicyclic amines) is 2. The minimum absolute atomic E-state index is 0.666. The SMILES string of the molecule is CCN1CCC(CNC(=NC)N2CCC(N3CCOCC3)C2)C1. The number of guanidine groups is 1. The molecule has 0 aromatic rings. The Labute approximate surface area is 140 Å². The predicted molar refractivity (Wildman–Crippen MR) is 94.0 cm³/mol. The van der Waals surface area contributed by atoms with Crippen molar-refractivity contribution in [2.45, 2.75) is 25.8 Å². The Morgan fingerprint density at radius 3 is 2.65 bits per heavy atom. The fourth-order valence-corrected chi connectivity index (χ4v) is 4.11. The molecular weight excluding hydrogens is 290 g/mol. The first-order valence-corrected chi connectivity index (χ1v) is 9.30. The van der Waals surface area contributed by atoms with Crippen LogP contribution >= 0.6 is 0 Å². The summed E-state index contributed by atoms with van der Waals surface area (Å²) in [5.74, 6) is 1.86. The molecule has 6 nitrogen and oxygen atoms in total. The van der Waals surface area contributed by atoms with Gasteiger partial charge < -0.3 is 19.9 Å². The molecule has 1 N–H and O–H groups in total. The number of ether oxygens (including phenoxy) is 1. The van der Waals surface area contributed by atoms with Crippen LogP contribution in [0, 0.1) is 5.92 Å². The molecule has 3 aliphatic heterocycles. The molecule has 6 heteroatoms. The van der Waals surface area contributed by atoms with Crippen LogP contribution in [0.25, 0.3) is 0 Å². The molecule has 3 aliphatic rings. The van der Waals surface area contributed by atoms with Gasteiger partial charge >= 0.3 is 0 Å². The zero-order valence-corrected chi connectivity index (χ0v) is 14.8. The zero-order valence-electron chi connectivity index (χ0n) is 14.8. The first-order chi connectivity index (χ1) is 11.3. The molecule has 3 fully saturated rings. The van der Waals surface area contributed by atoms with Crippen molar-refractivity contribution in [3.05, 3.63) is 0 Å². The lowest BCUT2D eigenvalue weighted by atomic mass is 10.1. The highest BCUT2D eigenvalue weighted by Crippen LogP contribution is 2.18. The van der Waals surface area contributed by atoms with Gasteiger partial charge in [-0.25, -0.2) is 0 Å². The second-order valence-electron chi connectivity index (χ2n) is 7.01. The van der Waals surface area contributed by atoms with Gasteiger partial charge in [0.25, 0.3) is 0 Å². The van der Waals surface area contributed by atoms with E-state index in [2.05, 4.69) is 31.9 Å². The summed E-state index contributed by atoms with van der Waals surface area (Å²) in [6.07, 6.45) is 2.56. The van der Waals surface area contributed by atoms with Crippen LogP contribution in [-0.2, 0) is 4.74 Å². The lowest BCUT2D eigenvalue weighted by Gasteiger charge is -2.32. The summed E-state index contributed by atoms with van der Waals surface area (Å²) in [5, 5.41) is 3.63. The Morgan fingerprint density at radius 2 is 1.96 bits per heavy atom. The number of hydrogen-bond donors (Lipinski definition) is 1. The maximum atomic E-state index is 5.47. The number of nitrogens with one attached hydrogen (secondary N) is 1.